The van der Waals surface area contributed by atoms with Crippen LogP contribution in [0.1, 0.15) is 0 Å². The fraction of sp³-hybridized carbons (Fsp3) is 0. The van der Waals surface area contributed by atoms with E-state index in [4.69, 9.17) is 0 Å². The van der Waals surface area contributed by atoms with Crippen molar-refractivity contribution in [3.63, 3.8) is 0 Å². The van der Waals surface area contributed by atoms with Crippen molar-refractivity contribution in [2.45, 2.75) is 0 Å². The van der Waals surface area contributed by atoms with E-state index < -0.39 is 8.70 Å². The molecule has 0 aliphatic carbocycles. The summed E-state index contributed by atoms with van der Waals surface area (Å²) < 4.78 is -0.124. The molecule has 1 fully saturated rings. The molecule has 2 atom stereocenters. The van der Waals surface area contributed by atoms with Crippen molar-refractivity contribution < 1.29 is 0 Å². The van der Waals surface area contributed by atoms with Gasteiger partial charge in [-0.3, -0.25) is 0 Å². The van der Waals surface area contributed by atoms with Crippen molar-refractivity contribution >= 4 is 69.3 Å². The van der Waals surface area contributed by atoms with Gasteiger partial charge >= 0.3 is 165 Å². The van der Waals surface area contributed by atoms with E-state index in [2.05, 4.69) is 126 Å². The molecule has 0 spiro atoms. The van der Waals surface area contributed by atoms with E-state index in [1.807, 2.05) is 0 Å². The summed E-state index contributed by atoms with van der Waals surface area (Å²) in [6.45, 7) is 0. The van der Waals surface area contributed by atoms with Gasteiger partial charge in [0.1, 0.15) is 0 Å². The van der Waals surface area contributed by atoms with E-state index in [0.717, 1.165) is 0 Å². The van der Waals surface area contributed by atoms with Gasteiger partial charge in [0.15, 0.2) is 0 Å². The monoisotopic (exact) mass is 547 g/mol. The van der Waals surface area contributed by atoms with Crippen LogP contribution < -0.4 is 15.1 Å². The first-order chi connectivity index (χ1) is 11.6. The van der Waals surface area contributed by atoms with E-state index in [-0.39, 0.29) is 0 Å². The zero-order valence-electron chi connectivity index (χ0n) is 12.7. The second-order valence-electron chi connectivity index (χ2n) is 5.42. The van der Waals surface area contributed by atoms with Crippen molar-refractivity contribution in [2.24, 2.45) is 0 Å². The third kappa shape index (κ3) is 2.85. The first-order valence-corrected chi connectivity index (χ1v) is 19.9. The van der Waals surface area contributed by atoms with E-state index in [1.54, 1.807) is 0 Å². The summed E-state index contributed by atoms with van der Waals surface area (Å²) in [7, 11) is 0. The number of nitrogens with zero attached hydrogens (tertiary/aromatic N) is 1. The molecule has 0 aromatic heterocycles. The van der Waals surface area contributed by atoms with E-state index >= 15 is 0 Å². The molecule has 4 rings (SSSR count). The molecular formula is C18H15NP2Se3. The molecule has 120 valence electrons. The van der Waals surface area contributed by atoms with Gasteiger partial charge < -0.3 is 0 Å². The second-order valence-corrected chi connectivity index (χ2v) is 33.7. The van der Waals surface area contributed by atoms with Crippen LogP contribution in [0.3, 0.4) is 0 Å². The molecule has 6 heteroatoms. The Morgan fingerprint density at radius 2 is 0.958 bits per heavy atom. The Morgan fingerprint density at radius 3 is 1.38 bits per heavy atom. The molecule has 0 N–H and O–H groups in total. The second kappa shape index (κ2) is 6.89. The maximum absolute atomic E-state index is 3.65. The van der Waals surface area contributed by atoms with Gasteiger partial charge in [-0.05, 0) is 0 Å². The summed E-state index contributed by atoms with van der Waals surface area (Å²) in [5, 5.41) is 2.94. The Kier molecular flexibility index (Phi) is 4.96. The van der Waals surface area contributed by atoms with Crippen molar-refractivity contribution in [1.29, 1.82) is 0 Å². The van der Waals surface area contributed by atoms with Gasteiger partial charge in [-0.2, -0.15) is 0 Å². The fourth-order valence-electron chi connectivity index (χ4n) is 2.76. The molecule has 1 heterocycles. The zero-order chi connectivity index (χ0) is 16.6. The van der Waals surface area contributed by atoms with Crippen LogP contribution in [-0.4, -0.2) is 44.3 Å². The minimum absolute atomic E-state index is 0.526. The van der Waals surface area contributed by atoms with E-state index in [9.17, 15) is 0 Å². The van der Waals surface area contributed by atoms with Gasteiger partial charge in [0.05, 0.1) is 0 Å². The Bertz CT molecular complexity index is 886. The number of anilines is 1. The van der Waals surface area contributed by atoms with E-state index in [0.29, 0.717) is 14.1 Å². The van der Waals surface area contributed by atoms with Crippen LogP contribution in [0.5, 0.6) is 0 Å². The summed E-state index contributed by atoms with van der Waals surface area (Å²) in [5.74, 6) is 0. The number of para-hydroxylation sites is 1. The van der Waals surface area contributed by atoms with Crippen molar-refractivity contribution in [3.8, 4) is 0 Å². The zero-order valence-corrected chi connectivity index (χ0v) is 19.7. The van der Waals surface area contributed by atoms with Crippen LogP contribution in [0.2, 0.25) is 0 Å². The van der Waals surface area contributed by atoms with Gasteiger partial charge in [0, 0.05) is 0 Å². The van der Waals surface area contributed by atoms with Crippen LogP contribution >= 0.6 is 8.70 Å². The SMILES string of the molecule is [Se]=P1(c2ccccc2)[Se]P(=[Se])(c2ccccc2)N1c1ccccc1. The van der Waals surface area contributed by atoms with Crippen LogP contribution in [0.15, 0.2) is 91.0 Å². The molecule has 0 bridgehead atoms. The molecule has 24 heavy (non-hydrogen) atoms. The topological polar surface area (TPSA) is 3.24 Å². The number of rotatable bonds is 3. The van der Waals surface area contributed by atoms with Gasteiger partial charge in [-0.15, -0.1) is 0 Å². The van der Waals surface area contributed by atoms with Crippen LogP contribution in [0, 0.1) is 0 Å². The Hall–Kier alpha value is -0.122. The summed E-state index contributed by atoms with van der Waals surface area (Å²) >= 11 is 7.83. The Morgan fingerprint density at radius 1 is 0.583 bits per heavy atom. The molecule has 0 saturated carbocycles. The third-order valence-corrected chi connectivity index (χ3v) is 44.7. The molecule has 3 aromatic carbocycles. The van der Waals surface area contributed by atoms with Crippen molar-refractivity contribution in [3.05, 3.63) is 91.0 Å². The number of benzene rings is 3. The average molecular weight is 544 g/mol. The fourth-order valence-corrected chi connectivity index (χ4v) is 68.3. The van der Waals surface area contributed by atoms with Crippen molar-refractivity contribution in [1.82, 2.24) is 0 Å². The normalized spacial score (nSPS) is 25.9. The molecule has 0 radical (unpaired) electrons. The predicted molar refractivity (Wildman–Crippen MR) is 112 cm³/mol. The molecule has 1 aliphatic heterocycles. The summed E-state index contributed by atoms with van der Waals surface area (Å²) in [6, 6.07) is 32.9. The van der Waals surface area contributed by atoms with Gasteiger partial charge in [0.2, 0.25) is 0 Å². The molecule has 0 amide bonds. The predicted octanol–water partition coefficient (Wildman–Crippen LogP) is 3.72. The summed E-state index contributed by atoms with van der Waals surface area (Å²) in [6.07, 6.45) is 0. The minimum atomic E-state index is -1.43. The van der Waals surface area contributed by atoms with Crippen molar-refractivity contribution in [2.75, 3.05) is 4.44 Å². The van der Waals surface area contributed by atoms with E-state index in [1.165, 1.54) is 16.3 Å². The summed E-state index contributed by atoms with van der Waals surface area (Å²) in [4.78, 5) is 0. The summed E-state index contributed by atoms with van der Waals surface area (Å²) in [5.41, 5.74) is 1.33. The Labute approximate surface area is 163 Å². The van der Waals surface area contributed by atoms with Gasteiger partial charge in [0.25, 0.3) is 0 Å². The number of hydrogen-bond donors (Lipinski definition) is 0. The van der Waals surface area contributed by atoms with Gasteiger partial charge in [-0.25, -0.2) is 0 Å². The molecule has 2 unspecified atom stereocenters. The first kappa shape index (κ1) is 17.3. The Balaban J connectivity index is 1.88. The quantitative estimate of drug-likeness (QED) is 0.359. The first-order valence-electron chi connectivity index (χ1n) is 7.53. The molecule has 1 saturated heterocycles. The molecular weight excluding hydrogens is 529 g/mol. The molecule has 1 aliphatic rings. The molecule has 1 nitrogen and oxygen atoms in total. The van der Waals surface area contributed by atoms with Gasteiger partial charge in [-0.1, -0.05) is 0 Å². The van der Waals surface area contributed by atoms with Crippen LogP contribution in [0.4, 0.5) is 5.69 Å². The van der Waals surface area contributed by atoms with Crippen LogP contribution in [0.25, 0.3) is 0 Å². The number of hydrogen-bond acceptors (Lipinski definition) is 1. The maximum atomic E-state index is 3.65. The average Bonchev–Trinajstić information content (AvgIpc) is 2.63. The standard InChI is InChI=1S/C18H15NP2Se3/c22-20(17-12-6-2-7-13-17)19(16-10-4-1-5-11-16)21(23,24-20)18-14-8-3-9-15-18/h1-15H. The molecule has 3 aromatic rings. The third-order valence-electron chi connectivity index (χ3n) is 3.87. The van der Waals surface area contributed by atoms with Crippen LogP contribution in [-0.2, 0) is 0 Å².